The first-order valence-electron chi connectivity index (χ1n) is 2.55. The van der Waals surface area contributed by atoms with Gasteiger partial charge in [-0.2, -0.15) is 5.11 Å². The van der Waals surface area contributed by atoms with Gasteiger partial charge in [-0.3, -0.25) is 4.79 Å². The number of hydrogen-bond acceptors (Lipinski definition) is 2. The number of hydrogen-bond donors (Lipinski definition) is 0. The molecule has 0 aromatic carbocycles. The minimum Gasteiger partial charge on any atom is -0.436 e. The number of esters is 1. The first kappa shape index (κ1) is 7.43. The van der Waals surface area contributed by atoms with Gasteiger partial charge in [0, 0.05) is 6.42 Å². The molecule has 0 saturated carbocycles. The molecule has 0 amide bonds. The van der Waals surface area contributed by atoms with Crippen LogP contribution in [0.25, 0.3) is 0 Å². The largest absolute Gasteiger partial charge is 0.436 e. The quantitative estimate of drug-likeness (QED) is 0.404. The van der Waals surface area contributed by atoms with Gasteiger partial charge in [0.15, 0.2) is 0 Å². The van der Waals surface area contributed by atoms with Gasteiger partial charge in [0.2, 0.25) is 6.79 Å². The molecule has 0 saturated heterocycles. The van der Waals surface area contributed by atoms with E-state index in [4.69, 9.17) is 0 Å². The van der Waals surface area contributed by atoms with Crippen LogP contribution in [0.15, 0.2) is 0 Å². The van der Waals surface area contributed by atoms with Crippen LogP contribution in [0.3, 0.4) is 0 Å². The lowest BCUT2D eigenvalue weighted by Crippen LogP contribution is -2.02. The van der Waals surface area contributed by atoms with Crippen LogP contribution in [0, 0.1) is 0 Å². The number of carbonyl (C=O) groups excluding carboxylic acids is 1. The van der Waals surface area contributed by atoms with E-state index < -0.39 is 12.8 Å². The zero-order chi connectivity index (χ0) is 6.41. The number of carbonyl (C=O) groups is 1. The summed E-state index contributed by atoms with van der Waals surface area (Å²) in [7, 11) is 0. The molecule has 47 valence electrons. The maximum Gasteiger partial charge on any atom is 0.307 e. The molecule has 0 N–H and O–H groups in total. The van der Waals surface area contributed by atoms with Crippen molar-refractivity contribution >= 4 is 5.97 Å². The van der Waals surface area contributed by atoms with Gasteiger partial charge in [0.25, 0.3) is 0 Å². The molecular weight excluding hydrogens is 108 g/mol. The molecule has 0 fully saturated rings. The van der Waals surface area contributed by atoms with Crippen molar-refractivity contribution in [1.82, 2.24) is 0 Å². The van der Waals surface area contributed by atoms with Crippen molar-refractivity contribution in [3.8, 4) is 0 Å². The summed E-state index contributed by atoms with van der Waals surface area (Å²) < 4.78 is 4.09. The van der Waals surface area contributed by atoms with E-state index in [2.05, 4.69) is 4.74 Å². The van der Waals surface area contributed by atoms with Crippen LogP contribution < -0.4 is 0 Å². The Morgan fingerprint density at radius 1 is 1.62 bits per heavy atom. The fourth-order valence-electron chi connectivity index (χ4n) is 0.342. The summed E-state index contributed by atoms with van der Waals surface area (Å²) in [5.74, 6) is -0.400. The standard InChI is InChI=1S/C5H9O3/c1-2-3-5(7)8-4-6/h2-4H2,1H3. The maximum atomic E-state index is 10.2. The Kier molecular flexibility index (Phi) is 4.26. The molecule has 0 rings (SSSR count). The van der Waals surface area contributed by atoms with Crippen molar-refractivity contribution < 1.29 is 14.6 Å². The average Bonchev–Trinajstić information content (AvgIpc) is 1.68. The summed E-state index contributed by atoms with van der Waals surface area (Å²) in [6.07, 6.45) is 1.08. The Balaban J connectivity index is 3.06. The lowest BCUT2D eigenvalue weighted by atomic mass is 10.3. The molecule has 8 heavy (non-hydrogen) atoms. The summed E-state index contributed by atoms with van der Waals surface area (Å²) in [6, 6.07) is 0. The van der Waals surface area contributed by atoms with Crippen LogP contribution in [-0.2, 0) is 14.6 Å². The van der Waals surface area contributed by atoms with Crippen LogP contribution in [0.5, 0.6) is 0 Å². The summed E-state index contributed by atoms with van der Waals surface area (Å²) in [6.45, 7) is 1.10. The van der Waals surface area contributed by atoms with Crippen molar-refractivity contribution in [2.24, 2.45) is 0 Å². The molecule has 0 atom stereocenters. The average molecular weight is 117 g/mol. The van der Waals surface area contributed by atoms with E-state index in [1.807, 2.05) is 6.92 Å². The Labute approximate surface area is 48.3 Å². The van der Waals surface area contributed by atoms with E-state index in [1.54, 1.807) is 0 Å². The third-order valence-corrected chi connectivity index (χ3v) is 0.674. The van der Waals surface area contributed by atoms with E-state index in [9.17, 15) is 9.90 Å². The van der Waals surface area contributed by atoms with E-state index in [0.29, 0.717) is 6.42 Å². The highest BCUT2D eigenvalue weighted by Gasteiger charge is 1.96. The van der Waals surface area contributed by atoms with Crippen molar-refractivity contribution in [2.75, 3.05) is 6.79 Å². The highest BCUT2D eigenvalue weighted by molar-refractivity contribution is 5.69. The minimum atomic E-state index is -0.751. The molecule has 0 aromatic heterocycles. The Hall–Kier alpha value is -0.570. The van der Waals surface area contributed by atoms with Crippen LogP contribution in [0.4, 0.5) is 0 Å². The smallest absolute Gasteiger partial charge is 0.307 e. The van der Waals surface area contributed by atoms with Gasteiger partial charge in [0.05, 0.1) is 0 Å². The predicted octanol–water partition coefficient (Wildman–Crippen LogP) is 0.718. The molecule has 0 bridgehead atoms. The molecular formula is C5H9O3. The summed E-state index contributed by atoms with van der Waals surface area (Å²) in [4.78, 5) is 10.2. The van der Waals surface area contributed by atoms with Gasteiger partial charge in [-0.25, -0.2) is 0 Å². The third-order valence-electron chi connectivity index (χ3n) is 0.674. The van der Waals surface area contributed by atoms with E-state index in [-0.39, 0.29) is 0 Å². The molecule has 0 aliphatic carbocycles. The van der Waals surface area contributed by atoms with E-state index >= 15 is 0 Å². The summed E-state index contributed by atoms with van der Waals surface area (Å²) in [5.41, 5.74) is 0. The van der Waals surface area contributed by atoms with Gasteiger partial charge in [-0.05, 0) is 6.42 Å². The lowest BCUT2D eigenvalue weighted by molar-refractivity contribution is -0.155. The molecule has 0 spiro atoms. The Morgan fingerprint density at radius 3 is 2.62 bits per heavy atom. The van der Waals surface area contributed by atoms with Crippen LogP contribution in [0.2, 0.25) is 0 Å². The normalized spacial score (nSPS) is 8.75. The molecule has 0 unspecified atom stereocenters. The highest BCUT2D eigenvalue weighted by Crippen LogP contribution is 1.88. The van der Waals surface area contributed by atoms with Gasteiger partial charge < -0.3 is 4.74 Å². The zero-order valence-corrected chi connectivity index (χ0v) is 4.85. The Morgan fingerprint density at radius 2 is 2.25 bits per heavy atom. The van der Waals surface area contributed by atoms with Gasteiger partial charge in [-0.1, -0.05) is 6.92 Å². The fourth-order valence-corrected chi connectivity index (χ4v) is 0.342. The van der Waals surface area contributed by atoms with Crippen molar-refractivity contribution in [3.63, 3.8) is 0 Å². The molecule has 0 heterocycles. The second kappa shape index (κ2) is 4.59. The van der Waals surface area contributed by atoms with Crippen molar-refractivity contribution in [3.05, 3.63) is 0 Å². The second-order valence-electron chi connectivity index (χ2n) is 1.38. The van der Waals surface area contributed by atoms with Gasteiger partial charge in [-0.15, -0.1) is 0 Å². The van der Waals surface area contributed by atoms with Gasteiger partial charge in [0.1, 0.15) is 0 Å². The second-order valence-corrected chi connectivity index (χ2v) is 1.38. The van der Waals surface area contributed by atoms with E-state index in [1.165, 1.54) is 0 Å². The number of rotatable bonds is 3. The van der Waals surface area contributed by atoms with Crippen LogP contribution in [0.1, 0.15) is 19.8 Å². The minimum absolute atomic E-state index is 0.349. The predicted molar refractivity (Wildman–Crippen MR) is 26.6 cm³/mol. The monoisotopic (exact) mass is 117 g/mol. The maximum absolute atomic E-state index is 10.2. The van der Waals surface area contributed by atoms with Gasteiger partial charge >= 0.3 is 5.97 Å². The first-order chi connectivity index (χ1) is 3.81. The van der Waals surface area contributed by atoms with Crippen molar-refractivity contribution in [1.29, 1.82) is 0 Å². The zero-order valence-electron chi connectivity index (χ0n) is 4.85. The van der Waals surface area contributed by atoms with Crippen molar-refractivity contribution in [2.45, 2.75) is 19.8 Å². The third kappa shape index (κ3) is 3.61. The summed E-state index contributed by atoms with van der Waals surface area (Å²) in [5, 5.41) is 9.57. The molecule has 3 heteroatoms. The number of ether oxygens (including phenoxy) is 1. The molecule has 0 aliphatic rings. The molecule has 1 radical (unpaired) electrons. The topological polar surface area (TPSA) is 46.2 Å². The molecule has 0 aromatic rings. The first-order valence-corrected chi connectivity index (χ1v) is 2.55. The van der Waals surface area contributed by atoms with E-state index in [0.717, 1.165) is 6.42 Å². The molecule has 0 aliphatic heterocycles. The van der Waals surface area contributed by atoms with Crippen LogP contribution >= 0.6 is 0 Å². The highest BCUT2D eigenvalue weighted by atomic mass is 16.6. The molecule has 3 nitrogen and oxygen atoms in total. The SMILES string of the molecule is CCCC(=O)OC[O]. The lowest BCUT2D eigenvalue weighted by Gasteiger charge is -1.94. The fraction of sp³-hybridized carbons (Fsp3) is 0.800. The summed E-state index contributed by atoms with van der Waals surface area (Å²) >= 11 is 0. The van der Waals surface area contributed by atoms with Crippen LogP contribution in [-0.4, -0.2) is 12.8 Å². The Bertz CT molecular complexity index is 62.1.